The van der Waals surface area contributed by atoms with Crippen molar-refractivity contribution >= 4 is 33.1 Å². The molecule has 2 aromatic rings. The maximum absolute atomic E-state index is 12.0. The molecule has 9 heteroatoms. The zero-order valence-electron chi connectivity index (χ0n) is 13.6. The highest BCUT2D eigenvalue weighted by molar-refractivity contribution is 7.92. The van der Waals surface area contributed by atoms with Gasteiger partial charge >= 0.3 is 5.97 Å². The predicted molar refractivity (Wildman–Crippen MR) is 97.2 cm³/mol. The van der Waals surface area contributed by atoms with Crippen LogP contribution in [-0.4, -0.2) is 30.8 Å². The first-order valence-corrected chi connectivity index (χ1v) is 9.86. The Kier molecular flexibility index (Phi) is 6.70. The first-order valence-electron chi connectivity index (χ1n) is 7.66. The summed E-state index contributed by atoms with van der Waals surface area (Å²) in [5.41, 5.74) is 0.686. The molecule has 0 bridgehead atoms. The van der Waals surface area contributed by atoms with Crippen molar-refractivity contribution in [2.45, 2.75) is 12.8 Å². The van der Waals surface area contributed by atoms with Gasteiger partial charge in [-0.3, -0.25) is 14.9 Å². The second kappa shape index (κ2) is 8.77. The van der Waals surface area contributed by atoms with Crippen molar-refractivity contribution in [3.05, 3.63) is 69.2 Å². The lowest BCUT2D eigenvalue weighted by atomic mass is 10.1. The van der Waals surface area contributed by atoms with Crippen LogP contribution in [0.1, 0.15) is 12.0 Å². The Labute approximate surface area is 155 Å². The van der Waals surface area contributed by atoms with E-state index in [-0.39, 0.29) is 22.2 Å². The summed E-state index contributed by atoms with van der Waals surface area (Å²) >= 11 is 5.72. The Bertz CT molecular complexity index is 899. The number of hydrogen-bond acceptors (Lipinski definition) is 6. The summed E-state index contributed by atoms with van der Waals surface area (Å²) < 4.78 is 28.9. The fraction of sp³-hybridized carbons (Fsp3) is 0.235. The molecule has 0 fully saturated rings. The van der Waals surface area contributed by atoms with E-state index in [9.17, 15) is 23.3 Å². The molecule has 0 radical (unpaired) electrons. The summed E-state index contributed by atoms with van der Waals surface area (Å²) in [6.07, 6.45) is 0.982. The highest BCUT2D eigenvalue weighted by Gasteiger charge is 2.19. The molecule has 0 amide bonds. The van der Waals surface area contributed by atoms with Gasteiger partial charge in [-0.25, -0.2) is 8.42 Å². The van der Waals surface area contributed by atoms with Crippen LogP contribution >= 0.6 is 11.6 Å². The van der Waals surface area contributed by atoms with Crippen LogP contribution in [0.15, 0.2) is 48.5 Å². The Balaban J connectivity index is 1.87. The van der Waals surface area contributed by atoms with Gasteiger partial charge in [-0.05, 0) is 24.5 Å². The molecule has 7 nitrogen and oxygen atoms in total. The van der Waals surface area contributed by atoms with Crippen LogP contribution in [0.3, 0.4) is 0 Å². The number of nitro groups is 1. The number of nitro benzene ring substituents is 1. The quantitative estimate of drug-likeness (QED) is 0.293. The molecule has 0 aromatic heterocycles. The zero-order chi connectivity index (χ0) is 19.2. The van der Waals surface area contributed by atoms with E-state index in [1.165, 1.54) is 6.07 Å². The molecule has 2 rings (SSSR count). The van der Waals surface area contributed by atoms with Crippen LogP contribution in [0.25, 0.3) is 0 Å². The van der Waals surface area contributed by atoms with Crippen LogP contribution in [0.5, 0.6) is 5.75 Å². The summed E-state index contributed by atoms with van der Waals surface area (Å²) in [5.74, 6) is -1.92. The smallest absolute Gasteiger partial charge is 0.326 e. The Morgan fingerprint density at radius 1 is 1.15 bits per heavy atom. The van der Waals surface area contributed by atoms with Crippen molar-refractivity contribution in [3.8, 4) is 5.75 Å². The normalized spacial score (nSPS) is 11.1. The number of benzene rings is 2. The molecule has 0 N–H and O–H groups in total. The maximum atomic E-state index is 12.0. The van der Waals surface area contributed by atoms with Gasteiger partial charge in [-0.1, -0.05) is 41.9 Å². The molecule has 0 aliphatic carbocycles. The van der Waals surface area contributed by atoms with E-state index in [1.807, 2.05) is 30.3 Å². The third-order valence-corrected chi connectivity index (χ3v) is 5.34. The predicted octanol–water partition coefficient (Wildman–Crippen LogP) is 3.20. The van der Waals surface area contributed by atoms with E-state index in [1.54, 1.807) is 0 Å². The second-order valence-corrected chi connectivity index (χ2v) is 8.12. The third kappa shape index (κ3) is 6.12. The molecule has 0 heterocycles. The Hall–Kier alpha value is -2.45. The lowest BCUT2D eigenvalue weighted by molar-refractivity contribution is -0.384. The van der Waals surface area contributed by atoms with Gasteiger partial charge in [0.05, 0.1) is 10.7 Å². The van der Waals surface area contributed by atoms with Crippen molar-refractivity contribution in [3.63, 3.8) is 0 Å². The maximum Gasteiger partial charge on any atom is 0.326 e. The van der Waals surface area contributed by atoms with Gasteiger partial charge < -0.3 is 4.74 Å². The summed E-state index contributed by atoms with van der Waals surface area (Å²) in [6.45, 7) is 0. The first-order chi connectivity index (χ1) is 12.3. The summed E-state index contributed by atoms with van der Waals surface area (Å²) in [4.78, 5) is 21.8. The van der Waals surface area contributed by atoms with E-state index in [4.69, 9.17) is 16.3 Å². The lowest BCUT2D eigenvalue weighted by Crippen LogP contribution is -2.23. The SMILES string of the molecule is O=C(CS(=O)(=O)CCCc1ccccc1)Oc1ccc([N+](=O)[O-])c(Cl)c1. The lowest BCUT2D eigenvalue weighted by Gasteiger charge is -2.06. The number of ether oxygens (including phenoxy) is 1. The van der Waals surface area contributed by atoms with Crippen LogP contribution in [-0.2, 0) is 21.1 Å². The fourth-order valence-electron chi connectivity index (χ4n) is 2.25. The highest BCUT2D eigenvalue weighted by Crippen LogP contribution is 2.28. The minimum Gasteiger partial charge on any atom is -0.426 e. The van der Waals surface area contributed by atoms with Crippen molar-refractivity contribution in [1.82, 2.24) is 0 Å². The molecular formula is C17H16ClNO6S. The van der Waals surface area contributed by atoms with Gasteiger partial charge in [0.25, 0.3) is 5.69 Å². The first kappa shape index (κ1) is 19.9. The van der Waals surface area contributed by atoms with Gasteiger partial charge in [0.2, 0.25) is 0 Å². The van der Waals surface area contributed by atoms with Crippen molar-refractivity contribution in [2.24, 2.45) is 0 Å². The van der Waals surface area contributed by atoms with Crippen molar-refractivity contribution in [1.29, 1.82) is 0 Å². The van der Waals surface area contributed by atoms with Crippen LogP contribution in [0, 0.1) is 10.1 Å². The molecule has 0 unspecified atom stereocenters. The van der Waals surface area contributed by atoms with E-state index in [0.717, 1.165) is 17.7 Å². The van der Waals surface area contributed by atoms with Gasteiger partial charge in [-0.15, -0.1) is 0 Å². The fourth-order valence-corrected chi connectivity index (χ4v) is 3.64. The van der Waals surface area contributed by atoms with E-state index >= 15 is 0 Å². The molecule has 0 aliphatic rings. The monoisotopic (exact) mass is 397 g/mol. The average molecular weight is 398 g/mol. The summed E-state index contributed by atoms with van der Waals surface area (Å²) in [6, 6.07) is 12.8. The van der Waals surface area contributed by atoms with Crippen molar-refractivity contribution in [2.75, 3.05) is 11.5 Å². The number of nitrogens with zero attached hydrogens (tertiary/aromatic N) is 1. The van der Waals surface area contributed by atoms with Gasteiger partial charge in [0.1, 0.15) is 16.5 Å². The number of aryl methyl sites for hydroxylation is 1. The number of halogens is 1. The Morgan fingerprint density at radius 3 is 2.46 bits per heavy atom. The zero-order valence-corrected chi connectivity index (χ0v) is 15.2. The van der Waals surface area contributed by atoms with Gasteiger partial charge in [0, 0.05) is 12.1 Å². The third-order valence-electron chi connectivity index (χ3n) is 3.45. The molecule has 0 saturated carbocycles. The van der Waals surface area contributed by atoms with E-state index in [2.05, 4.69) is 0 Å². The van der Waals surface area contributed by atoms with Gasteiger partial charge in [0.15, 0.2) is 9.84 Å². The number of carbonyl (C=O) groups is 1. The topological polar surface area (TPSA) is 104 Å². The molecule has 0 spiro atoms. The van der Waals surface area contributed by atoms with E-state index < -0.39 is 26.5 Å². The number of carbonyl (C=O) groups excluding carboxylic acids is 1. The van der Waals surface area contributed by atoms with Crippen molar-refractivity contribution < 1.29 is 22.9 Å². The number of rotatable bonds is 8. The molecule has 0 aliphatic heterocycles. The molecule has 0 atom stereocenters. The Morgan fingerprint density at radius 2 is 1.85 bits per heavy atom. The summed E-state index contributed by atoms with van der Waals surface area (Å²) in [7, 11) is -3.62. The van der Waals surface area contributed by atoms with E-state index in [0.29, 0.717) is 12.8 Å². The largest absolute Gasteiger partial charge is 0.426 e. The minimum atomic E-state index is -3.62. The minimum absolute atomic E-state index is 0.0508. The van der Waals surface area contributed by atoms with Crippen LogP contribution in [0.4, 0.5) is 5.69 Å². The molecule has 2 aromatic carbocycles. The standard InChI is InChI=1S/C17H16ClNO6S/c18-15-11-14(8-9-16(15)19(21)22)25-17(20)12-26(23,24)10-4-7-13-5-2-1-3-6-13/h1-3,5-6,8-9,11H,4,7,10,12H2. The summed E-state index contributed by atoms with van der Waals surface area (Å²) in [5, 5.41) is 10.5. The number of sulfone groups is 1. The highest BCUT2D eigenvalue weighted by atomic mass is 35.5. The van der Waals surface area contributed by atoms with Crippen LogP contribution < -0.4 is 4.74 Å². The average Bonchev–Trinajstić information content (AvgIpc) is 2.54. The molecule has 26 heavy (non-hydrogen) atoms. The number of esters is 1. The molecule has 138 valence electrons. The van der Waals surface area contributed by atoms with Gasteiger partial charge in [-0.2, -0.15) is 0 Å². The molecule has 0 saturated heterocycles. The number of hydrogen-bond donors (Lipinski definition) is 0. The molecular weight excluding hydrogens is 382 g/mol. The second-order valence-electron chi connectivity index (χ2n) is 5.53. The van der Waals surface area contributed by atoms with Crippen LogP contribution in [0.2, 0.25) is 5.02 Å².